The zero-order chi connectivity index (χ0) is 19.8. The van der Waals surface area contributed by atoms with Crippen molar-refractivity contribution in [2.45, 2.75) is 13.8 Å². The molecule has 0 saturated heterocycles. The molecule has 0 fully saturated rings. The van der Waals surface area contributed by atoms with Gasteiger partial charge in [-0.2, -0.15) is 0 Å². The fourth-order valence-electron chi connectivity index (χ4n) is 2.17. The second-order valence-corrected chi connectivity index (χ2v) is 6.22. The van der Waals surface area contributed by atoms with Crippen LogP contribution in [-0.4, -0.2) is 36.7 Å². The van der Waals surface area contributed by atoms with Crippen LogP contribution in [0.4, 0.5) is 4.79 Å². The van der Waals surface area contributed by atoms with Crippen LogP contribution < -0.4 is 9.47 Å². The zero-order valence-electron chi connectivity index (χ0n) is 14.9. The topological polar surface area (TPSA) is 65.1 Å². The first-order chi connectivity index (χ1) is 12.9. The number of imide groups is 1. The highest BCUT2D eigenvalue weighted by Gasteiger charge is 2.17. The quantitative estimate of drug-likeness (QED) is 0.587. The first kappa shape index (κ1) is 20.9. The number of halogens is 2. The van der Waals surface area contributed by atoms with E-state index in [1.807, 2.05) is 0 Å². The molecular formula is C19H19Cl2NO5. The van der Waals surface area contributed by atoms with Gasteiger partial charge in [-0.15, -0.1) is 0 Å². The number of ether oxygens (including phenoxy) is 3. The van der Waals surface area contributed by atoms with Crippen molar-refractivity contribution in [3.63, 3.8) is 0 Å². The lowest BCUT2D eigenvalue weighted by Gasteiger charge is -2.16. The van der Waals surface area contributed by atoms with Gasteiger partial charge in [-0.05, 0) is 37.3 Å². The summed E-state index contributed by atoms with van der Waals surface area (Å²) in [4.78, 5) is 24.0. The third kappa shape index (κ3) is 6.34. The number of benzene rings is 2. The molecule has 0 bridgehead atoms. The third-order valence-electron chi connectivity index (χ3n) is 3.42. The minimum Gasteiger partial charge on any atom is -0.488 e. The molecule has 0 atom stereocenters. The minimum atomic E-state index is -0.704. The van der Waals surface area contributed by atoms with Crippen LogP contribution in [0.5, 0.6) is 17.2 Å². The Bertz CT molecular complexity index is 812. The van der Waals surface area contributed by atoms with Gasteiger partial charge in [0.2, 0.25) is 5.91 Å². The number of amides is 2. The Morgan fingerprint density at radius 2 is 1.78 bits per heavy atom. The molecule has 0 aromatic heterocycles. The van der Waals surface area contributed by atoms with Gasteiger partial charge in [0.05, 0.1) is 5.02 Å². The molecule has 2 aromatic rings. The van der Waals surface area contributed by atoms with Crippen LogP contribution in [0.15, 0.2) is 42.5 Å². The van der Waals surface area contributed by atoms with Crippen LogP contribution in [-0.2, 0) is 9.53 Å². The number of carbonyl (C=O) groups is 2. The highest BCUT2D eigenvalue weighted by molar-refractivity contribution is 6.32. The van der Waals surface area contributed by atoms with Gasteiger partial charge in [0.25, 0.3) is 0 Å². The fourth-order valence-corrected chi connectivity index (χ4v) is 2.57. The molecule has 0 aliphatic rings. The summed E-state index contributed by atoms with van der Waals surface area (Å²) < 4.78 is 16.2. The molecule has 8 heteroatoms. The van der Waals surface area contributed by atoms with Gasteiger partial charge in [0, 0.05) is 24.6 Å². The second-order valence-electron chi connectivity index (χ2n) is 5.38. The lowest BCUT2D eigenvalue weighted by Crippen LogP contribution is -2.36. The molecule has 2 aromatic carbocycles. The van der Waals surface area contributed by atoms with E-state index in [2.05, 4.69) is 0 Å². The molecule has 0 spiro atoms. The smallest absolute Gasteiger partial charge is 0.416 e. The van der Waals surface area contributed by atoms with Gasteiger partial charge in [-0.1, -0.05) is 29.3 Å². The predicted molar refractivity (Wildman–Crippen MR) is 103 cm³/mol. The molecule has 6 nitrogen and oxygen atoms in total. The maximum absolute atomic E-state index is 11.7. The normalized spacial score (nSPS) is 10.2. The standard InChI is InChI=1S/C19H19Cl2NO5/c1-3-22(13(2)23)19(24)26-10-9-25-18-8-7-16(12-17(18)21)27-15-6-4-5-14(20)11-15/h4-8,11-12H,3,9-10H2,1-2H3. The lowest BCUT2D eigenvalue weighted by atomic mass is 10.3. The molecule has 2 rings (SSSR count). The van der Waals surface area contributed by atoms with E-state index in [4.69, 9.17) is 37.4 Å². The highest BCUT2D eigenvalue weighted by Crippen LogP contribution is 2.31. The summed E-state index contributed by atoms with van der Waals surface area (Å²) in [5, 5.41) is 0.916. The first-order valence-electron chi connectivity index (χ1n) is 8.21. The Labute approximate surface area is 167 Å². The van der Waals surface area contributed by atoms with Crippen molar-refractivity contribution in [1.29, 1.82) is 0 Å². The maximum atomic E-state index is 11.7. The van der Waals surface area contributed by atoms with Gasteiger partial charge in [0.15, 0.2) is 0 Å². The Morgan fingerprint density at radius 1 is 1.04 bits per heavy atom. The van der Waals surface area contributed by atoms with E-state index < -0.39 is 6.09 Å². The Kier molecular flexibility index (Phi) is 7.76. The first-order valence-corrected chi connectivity index (χ1v) is 8.97. The van der Waals surface area contributed by atoms with Gasteiger partial charge in [0.1, 0.15) is 30.5 Å². The van der Waals surface area contributed by atoms with Gasteiger partial charge in [-0.3, -0.25) is 4.79 Å². The van der Waals surface area contributed by atoms with E-state index in [0.717, 1.165) is 4.90 Å². The van der Waals surface area contributed by atoms with E-state index >= 15 is 0 Å². The maximum Gasteiger partial charge on any atom is 0.416 e. The molecule has 144 valence electrons. The molecule has 0 radical (unpaired) electrons. The number of carbonyl (C=O) groups excluding carboxylic acids is 2. The molecule has 0 N–H and O–H groups in total. The fraction of sp³-hybridized carbons (Fsp3) is 0.263. The number of rotatable bonds is 7. The van der Waals surface area contributed by atoms with Crippen LogP contribution in [0.2, 0.25) is 10.0 Å². The van der Waals surface area contributed by atoms with Gasteiger partial charge < -0.3 is 14.2 Å². The van der Waals surface area contributed by atoms with E-state index in [1.165, 1.54) is 6.92 Å². The summed E-state index contributed by atoms with van der Waals surface area (Å²) in [5.74, 6) is 1.16. The monoisotopic (exact) mass is 411 g/mol. The van der Waals surface area contributed by atoms with E-state index in [0.29, 0.717) is 27.3 Å². The SMILES string of the molecule is CCN(C(C)=O)C(=O)OCCOc1ccc(Oc2cccc(Cl)c2)cc1Cl. The molecule has 0 unspecified atom stereocenters. The molecule has 2 amide bonds. The van der Waals surface area contributed by atoms with Crippen molar-refractivity contribution in [3.05, 3.63) is 52.5 Å². The van der Waals surface area contributed by atoms with Crippen LogP contribution in [0.25, 0.3) is 0 Å². The van der Waals surface area contributed by atoms with Crippen molar-refractivity contribution in [1.82, 2.24) is 4.90 Å². The van der Waals surface area contributed by atoms with E-state index in [9.17, 15) is 9.59 Å². The Balaban J connectivity index is 1.85. The summed E-state index contributed by atoms with van der Waals surface area (Å²) in [6.07, 6.45) is -0.704. The van der Waals surface area contributed by atoms with Crippen molar-refractivity contribution < 1.29 is 23.8 Å². The van der Waals surface area contributed by atoms with E-state index in [1.54, 1.807) is 49.4 Å². The lowest BCUT2D eigenvalue weighted by molar-refractivity contribution is -0.127. The second kappa shape index (κ2) is 10.0. The molecule has 0 aliphatic heterocycles. The van der Waals surface area contributed by atoms with Crippen LogP contribution in [0.3, 0.4) is 0 Å². The average Bonchev–Trinajstić information content (AvgIpc) is 2.60. The zero-order valence-corrected chi connectivity index (χ0v) is 16.4. The summed E-state index contributed by atoms with van der Waals surface area (Å²) in [5.41, 5.74) is 0. The van der Waals surface area contributed by atoms with Crippen molar-refractivity contribution in [2.24, 2.45) is 0 Å². The number of hydrogen-bond donors (Lipinski definition) is 0. The van der Waals surface area contributed by atoms with Crippen molar-refractivity contribution in [3.8, 4) is 17.2 Å². The van der Waals surface area contributed by atoms with Crippen LogP contribution >= 0.6 is 23.2 Å². The predicted octanol–water partition coefficient (Wildman–Crippen LogP) is 5.17. The average molecular weight is 412 g/mol. The van der Waals surface area contributed by atoms with E-state index in [-0.39, 0.29) is 25.7 Å². The summed E-state index contributed by atoms with van der Waals surface area (Å²) in [6.45, 7) is 3.31. The summed E-state index contributed by atoms with van der Waals surface area (Å²) in [6, 6.07) is 12.0. The molecule has 0 heterocycles. The Hall–Kier alpha value is -2.44. The largest absolute Gasteiger partial charge is 0.488 e. The van der Waals surface area contributed by atoms with Crippen LogP contribution in [0.1, 0.15) is 13.8 Å². The number of hydrogen-bond acceptors (Lipinski definition) is 5. The molecule has 0 saturated carbocycles. The van der Waals surface area contributed by atoms with Crippen LogP contribution in [0, 0.1) is 0 Å². The van der Waals surface area contributed by atoms with Gasteiger partial charge >= 0.3 is 6.09 Å². The minimum absolute atomic E-state index is 0.0142. The summed E-state index contributed by atoms with van der Waals surface area (Å²) >= 11 is 12.1. The molecular weight excluding hydrogens is 393 g/mol. The van der Waals surface area contributed by atoms with Gasteiger partial charge in [-0.25, -0.2) is 9.69 Å². The highest BCUT2D eigenvalue weighted by atomic mass is 35.5. The number of nitrogens with zero attached hydrogens (tertiary/aromatic N) is 1. The molecule has 27 heavy (non-hydrogen) atoms. The molecule has 0 aliphatic carbocycles. The van der Waals surface area contributed by atoms with Crippen molar-refractivity contribution in [2.75, 3.05) is 19.8 Å². The van der Waals surface area contributed by atoms with Crippen molar-refractivity contribution >= 4 is 35.2 Å². The Morgan fingerprint density at radius 3 is 2.41 bits per heavy atom. The summed E-state index contributed by atoms with van der Waals surface area (Å²) in [7, 11) is 0. The third-order valence-corrected chi connectivity index (χ3v) is 3.95.